The van der Waals surface area contributed by atoms with Crippen LogP contribution in [0.4, 0.5) is 0 Å². The van der Waals surface area contributed by atoms with E-state index in [4.69, 9.17) is 9.84 Å². The maximum atomic E-state index is 10.6. The summed E-state index contributed by atoms with van der Waals surface area (Å²) in [7, 11) is 3.52. The Balaban J connectivity index is 2.69. The molecule has 2 rings (SSSR count). The third kappa shape index (κ3) is 1.97. The van der Waals surface area contributed by atoms with Crippen molar-refractivity contribution in [3.05, 3.63) is 35.5 Å². The molecule has 4 heteroatoms. The van der Waals surface area contributed by atoms with Crippen LogP contribution >= 0.6 is 0 Å². The first-order chi connectivity index (χ1) is 8.54. The second kappa shape index (κ2) is 4.56. The Morgan fingerprint density at radius 3 is 2.78 bits per heavy atom. The van der Waals surface area contributed by atoms with Gasteiger partial charge in [0.1, 0.15) is 5.75 Å². The Morgan fingerprint density at radius 1 is 1.44 bits per heavy atom. The van der Waals surface area contributed by atoms with Crippen molar-refractivity contribution in [2.75, 3.05) is 7.11 Å². The minimum absolute atomic E-state index is 0.785. The number of carboxylic acids is 1. The van der Waals surface area contributed by atoms with Gasteiger partial charge < -0.3 is 14.4 Å². The number of hydrogen-bond donors (Lipinski definition) is 1. The minimum Gasteiger partial charge on any atom is -0.495 e. The highest BCUT2D eigenvalue weighted by atomic mass is 16.5. The molecule has 0 aliphatic carbocycles. The summed E-state index contributed by atoms with van der Waals surface area (Å²) in [6.07, 6.45) is 2.72. The first kappa shape index (κ1) is 12.2. The highest BCUT2D eigenvalue weighted by Gasteiger charge is 2.10. The van der Waals surface area contributed by atoms with Gasteiger partial charge in [-0.1, -0.05) is 6.07 Å². The summed E-state index contributed by atoms with van der Waals surface area (Å²) in [5, 5.41) is 9.75. The molecular formula is C14H15NO3. The molecule has 18 heavy (non-hydrogen) atoms. The monoisotopic (exact) mass is 245 g/mol. The fourth-order valence-corrected chi connectivity index (χ4v) is 2.07. The average Bonchev–Trinajstić information content (AvgIpc) is 2.66. The lowest BCUT2D eigenvalue weighted by molar-refractivity contribution is -0.131. The highest BCUT2D eigenvalue weighted by molar-refractivity contribution is 5.93. The maximum absolute atomic E-state index is 10.6. The molecular weight excluding hydrogens is 230 g/mol. The van der Waals surface area contributed by atoms with Crippen molar-refractivity contribution >= 4 is 22.9 Å². The largest absolute Gasteiger partial charge is 0.495 e. The maximum Gasteiger partial charge on any atom is 0.328 e. The first-order valence-electron chi connectivity index (χ1n) is 5.58. The van der Waals surface area contributed by atoms with E-state index in [0.717, 1.165) is 34.0 Å². The van der Waals surface area contributed by atoms with Crippen LogP contribution in [0.15, 0.2) is 24.3 Å². The van der Waals surface area contributed by atoms with Crippen LogP contribution in [-0.4, -0.2) is 22.8 Å². The van der Waals surface area contributed by atoms with Crippen molar-refractivity contribution in [3.8, 4) is 5.75 Å². The zero-order valence-corrected chi connectivity index (χ0v) is 10.6. The number of carboxylic acid groups (broad SMARTS) is 1. The van der Waals surface area contributed by atoms with Crippen molar-refractivity contribution in [3.63, 3.8) is 0 Å². The molecule has 0 atom stereocenters. The standard InChI is InChI=1S/C14H15NO3/c1-9-4-6-12(18-3)14-11(9)8-10(15(14)2)5-7-13(16)17/h4-8H,1-3H3,(H,16,17)/b7-5+. The van der Waals surface area contributed by atoms with E-state index in [2.05, 4.69) is 0 Å². The van der Waals surface area contributed by atoms with E-state index in [0.29, 0.717) is 0 Å². The lowest BCUT2D eigenvalue weighted by Crippen LogP contribution is -1.94. The van der Waals surface area contributed by atoms with Crippen molar-refractivity contribution in [1.29, 1.82) is 0 Å². The molecule has 1 aromatic heterocycles. The average molecular weight is 245 g/mol. The molecule has 1 N–H and O–H groups in total. The number of rotatable bonds is 3. The summed E-state index contributed by atoms with van der Waals surface area (Å²) in [6, 6.07) is 5.88. The summed E-state index contributed by atoms with van der Waals surface area (Å²) in [5.41, 5.74) is 2.94. The molecule has 2 aromatic rings. The van der Waals surface area contributed by atoms with E-state index in [-0.39, 0.29) is 0 Å². The summed E-state index contributed by atoms with van der Waals surface area (Å²) in [5.74, 6) is -0.169. The molecule has 0 spiro atoms. The molecule has 0 aliphatic heterocycles. The van der Waals surface area contributed by atoms with Gasteiger partial charge >= 0.3 is 5.97 Å². The topological polar surface area (TPSA) is 51.5 Å². The quantitative estimate of drug-likeness (QED) is 0.845. The van der Waals surface area contributed by atoms with E-state index in [1.54, 1.807) is 13.2 Å². The zero-order valence-electron chi connectivity index (χ0n) is 10.6. The van der Waals surface area contributed by atoms with Crippen LogP contribution in [0, 0.1) is 6.92 Å². The third-order valence-electron chi connectivity index (χ3n) is 3.03. The number of benzene rings is 1. The van der Waals surface area contributed by atoms with E-state index in [1.165, 1.54) is 0 Å². The second-order valence-electron chi connectivity index (χ2n) is 4.15. The third-order valence-corrected chi connectivity index (χ3v) is 3.03. The number of methoxy groups -OCH3 is 1. The normalized spacial score (nSPS) is 11.3. The van der Waals surface area contributed by atoms with E-state index in [1.807, 2.05) is 36.7 Å². The zero-order chi connectivity index (χ0) is 13.3. The number of carbonyl (C=O) groups is 1. The fraction of sp³-hybridized carbons (Fsp3) is 0.214. The Morgan fingerprint density at radius 2 is 2.17 bits per heavy atom. The van der Waals surface area contributed by atoms with Gasteiger partial charge in [-0.15, -0.1) is 0 Å². The molecule has 0 amide bonds. The Bertz CT molecular complexity index is 638. The van der Waals surface area contributed by atoms with Crippen LogP contribution in [0.2, 0.25) is 0 Å². The SMILES string of the molecule is COc1ccc(C)c2cc(/C=C/C(=O)O)n(C)c12. The van der Waals surface area contributed by atoms with Crippen LogP contribution in [0.3, 0.4) is 0 Å². The van der Waals surface area contributed by atoms with Gasteiger partial charge in [-0.3, -0.25) is 0 Å². The summed E-state index contributed by atoms with van der Waals surface area (Å²) in [6.45, 7) is 2.02. The fourth-order valence-electron chi connectivity index (χ4n) is 2.07. The van der Waals surface area contributed by atoms with Gasteiger partial charge in [0.05, 0.1) is 12.6 Å². The second-order valence-corrected chi connectivity index (χ2v) is 4.15. The van der Waals surface area contributed by atoms with Gasteiger partial charge in [-0.25, -0.2) is 4.79 Å². The molecule has 1 aromatic carbocycles. The van der Waals surface area contributed by atoms with E-state index >= 15 is 0 Å². The van der Waals surface area contributed by atoms with Crippen LogP contribution in [0.1, 0.15) is 11.3 Å². The predicted octanol–water partition coefficient (Wildman–Crippen LogP) is 2.59. The number of ether oxygens (including phenoxy) is 1. The van der Waals surface area contributed by atoms with Gasteiger partial charge in [0.25, 0.3) is 0 Å². The van der Waals surface area contributed by atoms with E-state index < -0.39 is 5.97 Å². The van der Waals surface area contributed by atoms with Gasteiger partial charge in [-0.2, -0.15) is 0 Å². The molecule has 0 saturated heterocycles. The van der Waals surface area contributed by atoms with Crippen LogP contribution in [0.25, 0.3) is 17.0 Å². The number of nitrogens with zero attached hydrogens (tertiary/aromatic N) is 1. The molecule has 0 unspecified atom stereocenters. The molecule has 0 saturated carbocycles. The Kier molecular flexibility index (Phi) is 3.10. The summed E-state index contributed by atoms with van der Waals surface area (Å²) < 4.78 is 7.27. The molecule has 0 bridgehead atoms. The van der Waals surface area contributed by atoms with Crippen LogP contribution in [-0.2, 0) is 11.8 Å². The van der Waals surface area contributed by atoms with Crippen LogP contribution in [0.5, 0.6) is 5.75 Å². The van der Waals surface area contributed by atoms with Crippen molar-refractivity contribution in [2.45, 2.75) is 6.92 Å². The predicted molar refractivity (Wildman–Crippen MR) is 70.9 cm³/mol. The Labute approximate surface area is 105 Å². The van der Waals surface area contributed by atoms with Gasteiger partial charge in [0.2, 0.25) is 0 Å². The Hall–Kier alpha value is -2.23. The number of aryl methyl sites for hydroxylation is 2. The van der Waals surface area contributed by atoms with Gasteiger partial charge in [-0.05, 0) is 30.7 Å². The van der Waals surface area contributed by atoms with Gasteiger partial charge in [0, 0.05) is 24.2 Å². The van der Waals surface area contributed by atoms with Crippen molar-refractivity contribution in [1.82, 2.24) is 4.57 Å². The van der Waals surface area contributed by atoms with Crippen LogP contribution < -0.4 is 4.74 Å². The molecule has 4 nitrogen and oxygen atoms in total. The molecule has 0 aliphatic rings. The smallest absolute Gasteiger partial charge is 0.328 e. The molecule has 0 fully saturated rings. The number of fused-ring (bicyclic) bond motifs is 1. The van der Waals surface area contributed by atoms with Gasteiger partial charge in [0.15, 0.2) is 0 Å². The van der Waals surface area contributed by atoms with E-state index in [9.17, 15) is 4.79 Å². The van der Waals surface area contributed by atoms with Crippen molar-refractivity contribution < 1.29 is 14.6 Å². The first-order valence-corrected chi connectivity index (χ1v) is 5.58. The number of aliphatic carboxylic acids is 1. The summed E-state index contributed by atoms with van der Waals surface area (Å²) in [4.78, 5) is 10.6. The number of aromatic nitrogens is 1. The summed E-state index contributed by atoms with van der Waals surface area (Å²) >= 11 is 0. The molecule has 1 heterocycles. The minimum atomic E-state index is -0.955. The van der Waals surface area contributed by atoms with Crippen molar-refractivity contribution in [2.24, 2.45) is 7.05 Å². The molecule has 0 radical (unpaired) electrons. The number of hydrogen-bond acceptors (Lipinski definition) is 2. The highest BCUT2D eigenvalue weighted by Crippen LogP contribution is 2.31. The lowest BCUT2D eigenvalue weighted by atomic mass is 10.1. The molecule has 94 valence electrons. The lowest BCUT2D eigenvalue weighted by Gasteiger charge is -2.06.